The topological polar surface area (TPSA) is 86.5 Å². The van der Waals surface area contributed by atoms with Gasteiger partial charge in [-0.1, -0.05) is 22.9 Å². The molecule has 0 saturated heterocycles. The quantitative estimate of drug-likeness (QED) is 0.733. The Bertz CT molecular complexity index is 903. The van der Waals surface area contributed by atoms with E-state index in [-0.39, 0.29) is 12.5 Å². The molecule has 7 heteroatoms. The van der Waals surface area contributed by atoms with Gasteiger partial charge in [0.05, 0.1) is 7.11 Å². The lowest BCUT2D eigenvalue weighted by molar-refractivity contribution is -0.122. The molecule has 3 aromatic rings. The van der Waals surface area contributed by atoms with E-state index in [4.69, 9.17) is 14.0 Å². The van der Waals surface area contributed by atoms with Crippen LogP contribution in [-0.4, -0.2) is 36.8 Å². The Morgan fingerprint density at radius 3 is 2.54 bits per heavy atom. The molecule has 1 amide bonds. The Balaban J connectivity index is 1.83. The highest BCUT2D eigenvalue weighted by molar-refractivity contribution is 5.77. The number of nitrogens with one attached hydrogen (secondary N) is 1. The van der Waals surface area contributed by atoms with Crippen molar-refractivity contribution in [2.75, 3.05) is 20.8 Å². The minimum atomic E-state index is -0.225. The van der Waals surface area contributed by atoms with Crippen LogP contribution < -0.4 is 14.8 Å². The van der Waals surface area contributed by atoms with E-state index in [9.17, 15) is 4.79 Å². The number of aromatic nitrogens is 2. The third kappa shape index (κ3) is 3.83. The summed E-state index contributed by atoms with van der Waals surface area (Å²) in [5.41, 5.74) is 2.73. The van der Waals surface area contributed by atoms with Gasteiger partial charge in [-0.05, 0) is 37.3 Å². The van der Waals surface area contributed by atoms with Crippen LogP contribution in [0.3, 0.4) is 0 Å². The number of nitrogens with zero attached hydrogens (tertiary/aromatic N) is 2. The van der Waals surface area contributed by atoms with Crippen LogP contribution in [0.25, 0.3) is 22.8 Å². The molecule has 26 heavy (non-hydrogen) atoms. The zero-order valence-corrected chi connectivity index (χ0v) is 14.8. The van der Waals surface area contributed by atoms with Crippen molar-refractivity contribution in [2.24, 2.45) is 0 Å². The van der Waals surface area contributed by atoms with Crippen LogP contribution in [0.15, 0.2) is 47.0 Å². The Kier molecular flexibility index (Phi) is 5.17. The van der Waals surface area contributed by atoms with Gasteiger partial charge in [0.1, 0.15) is 0 Å². The summed E-state index contributed by atoms with van der Waals surface area (Å²) in [5, 5.41) is 6.53. The second-order valence-electron chi connectivity index (χ2n) is 5.62. The first-order chi connectivity index (χ1) is 12.6. The number of amides is 1. The molecule has 0 aliphatic rings. The molecule has 3 rings (SSSR count). The fourth-order valence-corrected chi connectivity index (χ4v) is 2.30. The number of carbonyl (C=O) groups excluding carboxylic acids is 1. The minimum absolute atomic E-state index is 0.0913. The maximum absolute atomic E-state index is 11.3. The summed E-state index contributed by atoms with van der Waals surface area (Å²) in [6.45, 7) is 1.93. The lowest BCUT2D eigenvalue weighted by Crippen LogP contribution is -2.24. The number of hydrogen-bond acceptors (Lipinski definition) is 6. The summed E-state index contributed by atoms with van der Waals surface area (Å²) in [5.74, 6) is 1.60. The molecule has 0 saturated carbocycles. The van der Waals surface area contributed by atoms with Crippen molar-refractivity contribution in [2.45, 2.75) is 6.92 Å². The van der Waals surface area contributed by atoms with E-state index in [0.717, 1.165) is 16.7 Å². The lowest BCUT2D eigenvalue weighted by Gasteiger charge is -2.10. The van der Waals surface area contributed by atoms with Crippen LogP contribution in [-0.2, 0) is 4.79 Å². The average molecular weight is 353 g/mol. The van der Waals surface area contributed by atoms with Gasteiger partial charge in [-0.3, -0.25) is 4.79 Å². The van der Waals surface area contributed by atoms with Crippen molar-refractivity contribution in [1.29, 1.82) is 0 Å². The first kappa shape index (κ1) is 17.5. The summed E-state index contributed by atoms with van der Waals surface area (Å²) in [6.07, 6.45) is 0. The summed E-state index contributed by atoms with van der Waals surface area (Å²) in [4.78, 5) is 15.8. The molecule has 0 radical (unpaired) electrons. The standard InChI is InChI=1S/C19H19N3O4/c1-12-4-6-13(7-5-12)19-21-18(22-26-19)14-8-9-15(16(10-14)24-3)25-11-17(23)20-2/h4-10H,11H2,1-3H3,(H,20,23). The summed E-state index contributed by atoms with van der Waals surface area (Å²) >= 11 is 0. The molecular formula is C19H19N3O4. The van der Waals surface area contributed by atoms with E-state index in [0.29, 0.717) is 23.2 Å². The van der Waals surface area contributed by atoms with Crippen LogP contribution in [0, 0.1) is 6.92 Å². The van der Waals surface area contributed by atoms with Crippen LogP contribution in [0.1, 0.15) is 5.56 Å². The smallest absolute Gasteiger partial charge is 0.258 e. The van der Waals surface area contributed by atoms with Crippen molar-refractivity contribution < 1.29 is 18.8 Å². The monoisotopic (exact) mass is 353 g/mol. The minimum Gasteiger partial charge on any atom is -0.493 e. The molecular weight excluding hydrogens is 334 g/mol. The maximum Gasteiger partial charge on any atom is 0.258 e. The molecule has 0 fully saturated rings. The molecule has 1 aromatic heterocycles. The van der Waals surface area contributed by atoms with E-state index < -0.39 is 0 Å². The fourth-order valence-electron chi connectivity index (χ4n) is 2.30. The van der Waals surface area contributed by atoms with Gasteiger partial charge < -0.3 is 19.3 Å². The summed E-state index contributed by atoms with van der Waals surface area (Å²) in [6, 6.07) is 13.1. The van der Waals surface area contributed by atoms with Crippen LogP contribution >= 0.6 is 0 Å². The van der Waals surface area contributed by atoms with E-state index in [1.54, 1.807) is 25.2 Å². The number of benzene rings is 2. The van der Waals surface area contributed by atoms with Gasteiger partial charge in [0, 0.05) is 18.2 Å². The molecule has 2 aromatic carbocycles. The van der Waals surface area contributed by atoms with Crippen LogP contribution in [0.4, 0.5) is 0 Å². The van der Waals surface area contributed by atoms with Gasteiger partial charge in [0.15, 0.2) is 18.1 Å². The van der Waals surface area contributed by atoms with E-state index in [2.05, 4.69) is 15.5 Å². The van der Waals surface area contributed by atoms with Crippen LogP contribution in [0.5, 0.6) is 11.5 Å². The highest BCUT2D eigenvalue weighted by atomic mass is 16.5. The number of carbonyl (C=O) groups is 1. The molecule has 1 N–H and O–H groups in total. The van der Waals surface area contributed by atoms with Crippen molar-refractivity contribution in [3.8, 4) is 34.3 Å². The Hall–Kier alpha value is -3.35. The second-order valence-corrected chi connectivity index (χ2v) is 5.62. The molecule has 7 nitrogen and oxygen atoms in total. The van der Waals surface area contributed by atoms with E-state index >= 15 is 0 Å². The van der Waals surface area contributed by atoms with E-state index in [1.807, 2.05) is 31.2 Å². The number of methoxy groups -OCH3 is 1. The Labute approximate surface area is 150 Å². The average Bonchev–Trinajstić information content (AvgIpc) is 3.16. The molecule has 0 spiro atoms. The molecule has 0 atom stereocenters. The van der Waals surface area contributed by atoms with Gasteiger partial charge in [-0.2, -0.15) is 4.98 Å². The van der Waals surface area contributed by atoms with Gasteiger partial charge in [-0.25, -0.2) is 0 Å². The Morgan fingerprint density at radius 2 is 1.85 bits per heavy atom. The number of ether oxygens (including phenoxy) is 2. The zero-order chi connectivity index (χ0) is 18.5. The molecule has 134 valence electrons. The lowest BCUT2D eigenvalue weighted by atomic mass is 10.1. The molecule has 0 aliphatic carbocycles. The summed E-state index contributed by atoms with van der Waals surface area (Å²) < 4.78 is 16.1. The third-order valence-electron chi connectivity index (χ3n) is 3.78. The highest BCUT2D eigenvalue weighted by Gasteiger charge is 2.14. The SMILES string of the molecule is CNC(=O)COc1ccc(-c2noc(-c3ccc(C)cc3)n2)cc1OC. The molecule has 0 unspecified atom stereocenters. The van der Waals surface area contributed by atoms with Gasteiger partial charge in [0.25, 0.3) is 11.8 Å². The Morgan fingerprint density at radius 1 is 1.12 bits per heavy atom. The molecule has 1 heterocycles. The zero-order valence-electron chi connectivity index (χ0n) is 14.8. The summed E-state index contributed by atoms with van der Waals surface area (Å²) in [7, 11) is 3.08. The number of rotatable bonds is 6. The number of hydrogen-bond donors (Lipinski definition) is 1. The highest BCUT2D eigenvalue weighted by Crippen LogP contribution is 2.32. The largest absolute Gasteiger partial charge is 0.493 e. The second kappa shape index (κ2) is 7.69. The molecule has 0 bridgehead atoms. The van der Waals surface area contributed by atoms with Crippen molar-refractivity contribution in [1.82, 2.24) is 15.5 Å². The van der Waals surface area contributed by atoms with Gasteiger partial charge in [-0.15, -0.1) is 0 Å². The maximum atomic E-state index is 11.3. The predicted molar refractivity (Wildman–Crippen MR) is 96.0 cm³/mol. The number of aryl methyl sites for hydroxylation is 1. The first-order valence-corrected chi connectivity index (χ1v) is 8.03. The van der Waals surface area contributed by atoms with Crippen LogP contribution in [0.2, 0.25) is 0 Å². The normalized spacial score (nSPS) is 10.4. The third-order valence-corrected chi connectivity index (χ3v) is 3.78. The van der Waals surface area contributed by atoms with Crippen molar-refractivity contribution in [3.63, 3.8) is 0 Å². The number of likely N-dealkylation sites (N-methyl/N-ethyl adjacent to an activating group) is 1. The predicted octanol–water partition coefficient (Wildman–Crippen LogP) is 2.85. The molecule has 0 aliphatic heterocycles. The fraction of sp³-hybridized carbons (Fsp3) is 0.211. The van der Waals surface area contributed by atoms with Gasteiger partial charge in [0.2, 0.25) is 5.82 Å². The van der Waals surface area contributed by atoms with E-state index in [1.165, 1.54) is 7.11 Å². The van der Waals surface area contributed by atoms with Gasteiger partial charge >= 0.3 is 0 Å². The van der Waals surface area contributed by atoms with Crippen molar-refractivity contribution in [3.05, 3.63) is 48.0 Å². The first-order valence-electron chi connectivity index (χ1n) is 8.03. The van der Waals surface area contributed by atoms with Crippen molar-refractivity contribution >= 4 is 5.91 Å².